The van der Waals surface area contributed by atoms with E-state index in [4.69, 9.17) is 4.74 Å². The summed E-state index contributed by atoms with van der Waals surface area (Å²) < 4.78 is 7.43. The summed E-state index contributed by atoms with van der Waals surface area (Å²) in [6.45, 7) is -0.103. The number of pyridine rings is 1. The zero-order valence-electron chi connectivity index (χ0n) is 11.7. The molecule has 0 aliphatic carbocycles. The van der Waals surface area contributed by atoms with Gasteiger partial charge in [0, 0.05) is 23.1 Å². The fourth-order valence-electron chi connectivity index (χ4n) is 2.85. The number of hydrogen-bond donors (Lipinski definition) is 2. The number of aliphatic hydroxyl groups excluding tert-OH is 2. The largest absolute Gasteiger partial charge is 0.394 e. The minimum atomic E-state index is -0.679. The molecule has 2 N–H and O–H groups in total. The lowest BCUT2D eigenvalue weighted by Crippen LogP contribution is -2.19. The summed E-state index contributed by atoms with van der Waals surface area (Å²) in [6, 6.07) is 5.98. The van der Waals surface area contributed by atoms with E-state index >= 15 is 0 Å². The van der Waals surface area contributed by atoms with E-state index in [1.54, 1.807) is 28.4 Å². The lowest BCUT2D eigenvalue weighted by molar-refractivity contribution is -0.0486. The van der Waals surface area contributed by atoms with E-state index in [-0.39, 0.29) is 12.7 Å². The second-order valence-corrected chi connectivity index (χ2v) is 6.24. The van der Waals surface area contributed by atoms with Gasteiger partial charge in [0.25, 0.3) is 0 Å². The van der Waals surface area contributed by atoms with Crippen LogP contribution in [0.15, 0.2) is 36.1 Å². The maximum absolute atomic E-state index is 10.2. The van der Waals surface area contributed by atoms with Gasteiger partial charge >= 0.3 is 0 Å². The van der Waals surface area contributed by atoms with Crippen molar-refractivity contribution in [3.05, 3.63) is 36.1 Å². The van der Waals surface area contributed by atoms with Gasteiger partial charge in [0.15, 0.2) is 11.9 Å². The molecule has 3 atom stereocenters. The van der Waals surface area contributed by atoms with Crippen molar-refractivity contribution < 1.29 is 14.9 Å². The van der Waals surface area contributed by atoms with Crippen LogP contribution in [0.1, 0.15) is 12.6 Å². The molecule has 4 rings (SSSR count). The van der Waals surface area contributed by atoms with Crippen LogP contribution < -0.4 is 0 Å². The first-order chi connectivity index (χ1) is 10.8. The van der Waals surface area contributed by atoms with Gasteiger partial charge in [-0.15, -0.1) is 11.3 Å². The number of thiophene rings is 1. The van der Waals surface area contributed by atoms with Crippen molar-refractivity contribution in [3.8, 4) is 10.4 Å². The van der Waals surface area contributed by atoms with Crippen molar-refractivity contribution in [1.29, 1.82) is 0 Å². The molecule has 3 aromatic heterocycles. The number of hydrogen-bond acceptors (Lipinski definition) is 6. The minimum Gasteiger partial charge on any atom is -0.394 e. The first-order valence-corrected chi connectivity index (χ1v) is 7.95. The molecular formula is C15H15N3O3S. The van der Waals surface area contributed by atoms with E-state index in [0.717, 1.165) is 16.0 Å². The average Bonchev–Trinajstić information content (AvgIpc) is 3.25. The maximum Gasteiger partial charge on any atom is 0.163 e. The summed E-state index contributed by atoms with van der Waals surface area (Å²) >= 11 is 1.65. The number of nitrogens with zero attached hydrogens (tertiary/aromatic N) is 3. The minimum absolute atomic E-state index is 0.103. The van der Waals surface area contributed by atoms with E-state index in [9.17, 15) is 10.2 Å². The molecule has 0 aromatic carbocycles. The van der Waals surface area contributed by atoms with Crippen LogP contribution in [0.2, 0.25) is 0 Å². The molecule has 7 heteroatoms. The van der Waals surface area contributed by atoms with E-state index < -0.39 is 12.3 Å². The van der Waals surface area contributed by atoms with Gasteiger partial charge in [-0.2, -0.15) is 0 Å². The van der Waals surface area contributed by atoms with E-state index in [0.29, 0.717) is 12.1 Å². The zero-order valence-corrected chi connectivity index (χ0v) is 12.5. The van der Waals surface area contributed by atoms with Crippen molar-refractivity contribution in [2.24, 2.45) is 0 Å². The third-order valence-corrected chi connectivity index (χ3v) is 4.79. The molecule has 22 heavy (non-hydrogen) atoms. The highest BCUT2D eigenvalue weighted by Crippen LogP contribution is 2.34. The van der Waals surface area contributed by atoms with Crippen molar-refractivity contribution >= 4 is 22.5 Å². The molecule has 1 fully saturated rings. The molecule has 3 aromatic rings. The zero-order chi connectivity index (χ0) is 15.1. The van der Waals surface area contributed by atoms with Gasteiger partial charge in [-0.25, -0.2) is 9.97 Å². The second kappa shape index (κ2) is 5.44. The molecule has 0 bridgehead atoms. The highest BCUT2D eigenvalue weighted by molar-refractivity contribution is 7.13. The second-order valence-electron chi connectivity index (χ2n) is 5.29. The van der Waals surface area contributed by atoms with Crippen LogP contribution >= 0.6 is 11.3 Å². The Balaban J connectivity index is 1.80. The number of rotatable bonds is 3. The summed E-state index contributed by atoms with van der Waals surface area (Å²) in [5, 5.41) is 21.4. The van der Waals surface area contributed by atoms with Gasteiger partial charge in [-0.05, 0) is 17.5 Å². The van der Waals surface area contributed by atoms with Crippen LogP contribution in [0.25, 0.3) is 21.6 Å². The Morgan fingerprint density at radius 2 is 2.27 bits per heavy atom. The third kappa shape index (κ3) is 2.14. The lowest BCUT2D eigenvalue weighted by atomic mass is 10.2. The number of aromatic nitrogens is 3. The molecule has 0 radical (unpaired) electrons. The SMILES string of the molecule is OC[C@@H]1CC(O)[C@H](n2cnc3c(-c4cccs4)ccnc32)O1. The third-order valence-electron chi connectivity index (χ3n) is 3.89. The van der Waals surface area contributed by atoms with Gasteiger partial charge in [0.1, 0.15) is 11.6 Å². The predicted octanol–water partition coefficient (Wildman–Crippen LogP) is 1.80. The van der Waals surface area contributed by atoms with Crippen LogP contribution in [0.4, 0.5) is 0 Å². The van der Waals surface area contributed by atoms with Crippen LogP contribution in [0, 0.1) is 0 Å². The molecule has 1 aliphatic rings. The van der Waals surface area contributed by atoms with E-state index in [1.807, 2.05) is 23.6 Å². The number of ether oxygens (including phenoxy) is 1. The first-order valence-electron chi connectivity index (χ1n) is 7.07. The lowest BCUT2D eigenvalue weighted by Gasteiger charge is -2.16. The summed E-state index contributed by atoms with van der Waals surface area (Å²) in [7, 11) is 0. The summed E-state index contributed by atoms with van der Waals surface area (Å²) in [5.41, 5.74) is 2.48. The number of imidazole rings is 1. The molecule has 4 heterocycles. The van der Waals surface area contributed by atoms with Crippen molar-refractivity contribution in [1.82, 2.24) is 14.5 Å². The average molecular weight is 317 g/mol. The van der Waals surface area contributed by atoms with E-state index in [2.05, 4.69) is 9.97 Å². The molecule has 0 spiro atoms. The Morgan fingerprint density at radius 3 is 3.00 bits per heavy atom. The first kappa shape index (κ1) is 13.8. The van der Waals surface area contributed by atoms with Gasteiger partial charge in [0.05, 0.1) is 19.0 Å². The number of aliphatic hydroxyl groups is 2. The molecule has 1 aliphatic heterocycles. The summed E-state index contributed by atoms with van der Waals surface area (Å²) in [5.74, 6) is 0. The van der Waals surface area contributed by atoms with Crippen molar-refractivity contribution in [2.45, 2.75) is 24.9 Å². The van der Waals surface area contributed by atoms with Crippen LogP contribution in [-0.2, 0) is 4.74 Å². The smallest absolute Gasteiger partial charge is 0.163 e. The highest BCUT2D eigenvalue weighted by Gasteiger charge is 2.35. The summed E-state index contributed by atoms with van der Waals surface area (Å²) in [6.07, 6.45) is 2.20. The Bertz CT molecular complexity index is 787. The quantitative estimate of drug-likeness (QED) is 0.770. The van der Waals surface area contributed by atoms with Gasteiger partial charge in [-0.3, -0.25) is 4.57 Å². The Morgan fingerprint density at radius 1 is 1.36 bits per heavy atom. The van der Waals surface area contributed by atoms with Crippen molar-refractivity contribution in [3.63, 3.8) is 0 Å². The molecule has 0 amide bonds. The molecule has 114 valence electrons. The standard InChI is InChI=1S/C15H15N3O3S/c19-7-9-6-11(20)15(21-9)18-8-17-13-10(3-4-16-14(13)18)12-2-1-5-22-12/h1-5,8-9,11,15,19-20H,6-7H2/t9-,11?,15+/m0/s1. The monoisotopic (exact) mass is 317 g/mol. The maximum atomic E-state index is 10.2. The Kier molecular flexibility index (Phi) is 3.42. The molecule has 1 saturated heterocycles. The highest BCUT2D eigenvalue weighted by atomic mass is 32.1. The fraction of sp³-hybridized carbons (Fsp3) is 0.333. The normalized spacial score (nSPS) is 25.1. The van der Waals surface area contributed by atoms with Crippen LogP contribution in [0.3, 0.4) is 0 Å². The molecule has 0 saturated carbocycles. The fourth-order valence-corrected chi connectivity index (χ4v) is 3.60. The Labute approximate surface area is 130 Å². The van der Waals surface area contributed by atoms with Gasteiger partial charge in [-0.1, -0.05) is 6.07 Å². The summed E-state index contributed by atoms with van der Waals surface area (Å²) in [4.78, 5) is 9.97. The van der Waals surface area contributed by atoms with Crippen molar-refractivity contribution in [2.75, 3.05) is 6.61 Å². The van der Waals surface area contributed by atoms with Gasteiger partial charge in [0.2, 0.25) is 0 Å². The van der Waals surface area contributed by atoms with E-state index in [1.165, 1.54) is 0 Å². The van der Waals surface area contributed by atoms with Crippen LogP contribution in [0.5, 0.6) is 0 Å². The predicted molar refractivity (Wildman–Crippen MR) is 82.5 cm³/mol. The Hall–Kier alpha value is -1.80. The number of fused-ring (bicyclic) bond motifs is 1. The van der Waals surface area contributed by atoms with Gasteiger partial charge < -0.3 is 14.9 Å². The molecule has 6 nitrogen and oxygen atoms in total. The molecular weight excluding hydrogens is 302 g/mol. The van der Waals surface area contributed by atoms with Crippen LogP contribution in [-0.4, -0.2) is 43.6 Å². The molecule has 1 unspecified atom stereocenters. The topological polar surface area (TPSA) is 80.4 Å².